The van der Waals surface area contributed by atoms with Crippen molar-refractivity contribution in [3.63, 3.8) is 0 Å². The van der Waals surface area contributed by atoms with Gasteiger partial charge in [0.25, 0.3) is 5.91 Å². The first kappa shape index (κ1) is 25.9. The molecule has 2 N–H and O–H groups in total. The maximum Gasteiger partial charge on any atom is 0.416 e. The van der Waals surface area contributed by atoms with Crippen LogP contribution in [0.25, 0.3) is 0 Å². The summed E-state index contributed by atoms with van der Waals surface area (Å²) >= 11 is 3.93. The predicted octanol–water partition coefficient (Wildman–Crippen LogP) is 7.00. The first-order valence-electron chi connectivity index (χ1n) is 9.51. The topological polar surface area (TPSA) is 61.4 Å². The molecule has 35 heavy (non-hydrogen) atoms. The summed E-state index contributed by atoms with van der Waals surface area (Å²) in [6.07, 6.45) is -10.2. The van der Waals surface area contributed by atoms with Gasteiger partial charge in [-0.3, -0.25) is 4.79 Å². The maximum absolute atomic E-state index is 13.7. The second-order valence-electron chi connectivity index (χ2n) is 7.02. The molecule has 3 aromatic rings. The fourth-order valence-electron chi connectivity index (χ4n) is 2.85. The summed E-state index contributed by atoms with van der Waals surface area (Å²) in [5, 5.41) is 4.38. The van der Waals surface area contributed by atoms with Crippen molar-refractivity contribution in [2.75, 3.05) is 14.9 Å². The van der Waals surface area contributed by atoms with Crippen molar-refractivity contribution in [2.45, 2.75) is 12.4 Å². The van der Waals surface area contributed by atoms with Crippen molar-refractivity contribution in [2.24, 2.45) is 0 Å². The summed E-state index contributed by atoms with van der Waals surface area (Å²) in [6.45, 7) is 0. The lowest BCUT2D eigenvalue weighted by molar-refractivity contribution is -0.143. The van der Waals surface area contributed by atoms with Gasteiger partial charge in [0.2, 0.25) is 0 Å². The minimum atomic E-state index is -5.08. The lowest BCUT2D eigenvalue weighted by atomic mass is 10.1. The summed E-state index contributed by atoms with van der Waals surface area (Å²) < 4.78 is 92.3. The van der Waals surface area contributed by atoms with Crippen LogP contribution >= 0.6 is 12.8 Å². The van der Waals surface area contributed by atoms with Gasteiger partial charge in [-0.1, -0.05) is 24.9 Å². The van der Waals surface area contributed by atoms with Crippen LogP contribution < -0.4 is 14.9 Å². The van der Waals surface area contributed by atoms with Crippen molar-refractivity contribution < 1.29 is 40.3 Å². The molecule has 0 unspecified atom stereocenters. The number of hydrogen-bond donors (Lipinski definition) is 3. The number of amides is 3. The molecule has 0 aliphatic rings. The highest BCUT2D eigenvalue weighted by Crippen LogP contribution is 2.37. The second kappa shape index (κ2) is 9.86. The molecule has 0 fully saturated rings. The quantitative estimate of drug-likeness (QED) is 0.258. The van der Waals surface area contributed by atoms with Gasteiger partial charge >= 0.3 is 18.4 Å². The molecule has 0 aliphatic heterocycles. The number of carbonyl (C=O) groups is 2. The highest BCUT2D eigenvalue weighted by molar-refractivity contribution is 7.82. The molecule has 0 saturated heterocycles. The summed E-state index contributed by atoms with van der Waals surface area (Å²) in [6, 6.07) is 10.0. The Balaban J connectivity index is 1.74. The Bertz CT molecular complexity index is 1210. The summed E-state index contributed by atoms with van der Waals surface area (Å²) in [4.78, 5) is 24.5. The third kappa shape index (κ3) is 6.44. The molecule has 0 saturated carbocycles. The Hall–Kier alpha value is -3.74. The van der Waals surface area contributed by atoms with E-state index in [0.29, 0.717) is 16.4 Å². The minimum absolute atomic E-state index is 0.0670. The molecule has 3 rings (SSSR count). The zero-order valence-electron chi connectivity index (χ0n) is 17.2. The molecular formula is C22H14F7N3O2S. The molecule has 0 spiro atoms. The van der Waals surface area contributed by atoms with Crippen LogP contribution in [-0.4, -0.2) is 11.9 Å². The average molecular weight is 517 g/mol. The Morgan fingerprint density at radius 1 is 0.743 bits per heavy atom. The van der Waals surface area contributed by atoms with Gasteiger partial charge in [0, 0.05) is 11.4 Å². The van der Waals surface area contributed by atoms with Crippen molar-refractivity contribution in [3.8, 4) is 0 Å². The molecule has 3 aromatic carbocycles. The van der Waals surface area contributed by atoms with Gasteiger partial charge in [-0.05, 0) is 54.6 Å². The molecule has 13 heteroatoms. The molecule has 0 radical (unpaired) electrons. The average Bonchev–Trinajstić information content (AvgIpc) is 2.78. The molecular weight excluding hydrogens is 503 g/mol. The number of carbonyl (C=O) groups excluding carboxylic acids is 2. The molecule has 0 bridgehead atoms. The predicted molar refractivity (Wildman–Crippen MR) is 118 cm³/mol. The summed E-state index contributed by atoms with van der Waals surface area (Å²) in [5.74, 6) is -1.47. The zero-order valence-corrected chi connectivity index (χ0v) is 18.1. The number of benzene rings is 3. The summed E-state index contributed by atoms with van der Waals surface area (Å²) in [5.41, 5.74) is -3.85. The van der Waals surface area contributed by atoms with E-state index < -0.39 is 46.9 Å². The van der Waals surface area contributed by atoms with Crippen LogP contribution in [0.3, 0.4) is 0 Å². The smallest absolute Gasteiger partial charge is 0.322 e. The lowest BCUT2D eigenvalue weighted by Gasteiger charge is -2.19. The van der Waals surface area contributed by atoms with Gasteiger partial charge in [0.15, 0.2) is 0 Å². The van der Waals surface area contributed by atoms with E-state index >= 15 is 0 Å². The SMILES string of the molecule is O=C(Nc1ccc(N(S)C(=O)Nc2cc(C(F)(F)F)cc(C(F)(F)F)c2)cc1)c1ccccc1F. The van der Waals surface area contributed by atoms with E-state index in [1.54, 1.807) is 0 Å². The van der Waals surface area contributed by atoms with E-state index in [-0.39, 0.29) is 23.0 Å². The highest BCUT2D eigenvalue weighted by atomic mass is 32.1. The van der Waals surface area contributed by atoms with Crippen LogP contribution in [-0.2, 0) is 12.4 Å². The Morgan fingerprint density at radius 2 is 1.29 bits per heavy atom. The lowest BCUT2D eigenvalue weighted by Crippen LogP contribution is -2.27. The van der Waals surface area contributed by atoms with Crippen LogP contribution in [0.2, 0.25) is 0 Å². The van der Waals surface area contributed by atoms with Crippen LogP contribution in [0, 0.1) is 5.82 Å². The molecule has 0 heterocycles. The molecule has 0 aliphatic carbocycles. The van der Waals surface area contributed by atoms with Gasteiger partial charge in [0.1, 0.15) is 5.82 Å². The number of halogens is 7. The van der Waals surface area contributed by atoms with Crippen molar-refractivity contribution in [1.82, 2.24) is 0 Å². The van der Waals surface area contributed by atoms with Gasteiger partial charge < -0.3 is 10.6 Å². The van der Waals surface area contributed by atoms with Crippen LogP contribution in [0.4, 0.5) is 52.6 Å². The van der Waals surface area contributed by atoms with E-state index in [2.05, 4.69) is 18.1 Å². The molecule has 5 nitrogen and oxygen atoms in total. The number of nitrogens with one attached hydrogen (secondary N) is 2. The van der Waals surface area contributed by atoms with Crippen molar-refractivity contribution in [1.29, 1.82) is 0 Å². The molecule has 184 valence electrons. The van der Waals surface area contributed by atoms with Crippen LogP contribution in [0.1, 0.15) is 21.5 Å². The van der Waals surface area contributed by atoms with E-state index in [4.69, 9.17) is 0 Å². The molecule has 0 aromatic heterocycles. The van der Waals surface area contributed by atoms with Gasteiger partial charge in [-0.2, -0.15) is 26.3 Å². The van der Waals surface area contributed by atoms with Gasteiger partial charge in [-0.25, -0.2) is 13.5 Å². The van der Waals surface area contributed by atoms with E-state index in [0.717, 1.165) is 6.07 Å². The highest BCUT2D eigenvalue weighted by Gasteiger charge is 2.37. The number of urea groups is 1. The first-order valence-corrected chi connectivity index (χ1v) is 9.91. The fraction of sp³-hybridized carbons (Fsp3) is 0.0909. The fourth-order valence-corrected chi connectivity index (χ4v) is 3.03. The third-order valence-corrected chi connectivity index (χ3v) is 4.93. The van der Waals surface area contributed by atoms with E-state index in [9.17, 15) is 40.3 Å². The standard InChI is InChI=1S/C22H14F7N3O2S/c23-18-4-2-1-3-17(18)19(33)30-14-5-7-16(8-6-14)32(35)20(34)31-15-10-12(21(24,25)26)9-13(11-15)22(27,28)29/h1-11,35H,(H,30,33)(H,31,34). The Kier molecular flexibility index (Phi) is 7.29. The number of anilines is 3. The van der Waals surface area contributed by atoms with E-state index in [1.165, 1.54) is 42.5 Å². The number of alkyl halides is 6. The normalized spacial score (nSPS) is 11.7. The van der Waals surface area contributed by atoms with Crippen molar-refractivity contribution >= 4 is 41.8 Å². The summed E-state index contributed by atoms with van der Waals surface area (Å²) in [7, 11) is 0. The molecule has 0 atom stereocenters. The van der Waals surface area contributed by atoms with Crippen LogP contribution in [0.5, 0.6) is 0 Å². The zero-order chi connectivity index (χ0) is 26.0. The van der Waals surface area contributed by atoms with Gasteiger partial charge in [0.05, 0.1) is 22.4 Å². The third-order valence-electron chi connectivity index (χ3n) is 4.52. The number of thiol groups is 1. The molecule has 3 amide bonds. The Morgan fingerprint density at radius 3 is 1.80 bits per heavy atom. The first-order chi connectivity index (χ1) is 16.3. The largest absolute Gasteiger partial charge is 0.416 e. The minimum Gasteiger partial charge on any atom is -0.322 e. The maximum atomic E-state index is 13.7. The monoisotopic (exact) mass is 517 g/mol. The van der Waals surface area contributed by atoms with E-state index in [1.807, 2.05) is 5.32 Å². The Labute approximate surface area is 199 Å². The van der Waals surface area contributed by atoms with Crippen molar-refractivity contribution in [3.05, 3.63) is 89.2 Å². The van der Waals surface area contributed by atoms with Gasteiger partial charge in [-0.15, -0.1) is 0 Å². The number of rotatable bonds is 4. The second-order valence-corrected chi connectivity index (χ2v) is 7.42. The number of nitrogens with zero attached hydrogens (tertiary/aromatic N) is 1. The number of hydrogen-bond acceptors (Lipinski definition) is 3. The van der Waals surface area contributed by atoms with Crippen LogP contribution in [0.15, 0.2) is 66.7 Å².